The minimum absolute atomic E-state index is 0.198. The van der Waals surface area contributed by atoms with Crippen molar-refractivity contribution in [2.75, 3.05) is 6.61 Å². The van der Waals surface area contributed by atoms with Gasteiger partial charge in [0.05, 0.1) is 27.3 Å². The smallest absolute Gasteiger partial charge is 0.282 e. The van der Waals surface area contributed by atoms with Crippen molar-refractivity contribution >= 4 is 55.6 Å². The van der Waals surface area contributed by atoms with Gasteiger partial charge in [-0.1, -0.05) is 48.8 Å². The van der Waals surface area contributed by atoms with Crippen molar-refractivity contribution in [1.29, 1.82) is 0 Å². The van der Waals surface area contributed by atoms with Crippen LogP contribution in [-0.2, 0) is 12.0 Å². The summed E-state index contributed by atoms with van der Waals surface area (Å²) in [5, 5.41) is 5.03. The molecule has 3 aromatic carbocycles. The van der Waals surface area contributed by atoms with Gasteiger partial charge in [0.15, 0.2) is 11.5 Å². The number of rotatable bonds is 7. The number of ether oxygens (including phenoxy) is 2. The molecule has 0 unspecified atom stereocenters. The molecular formula is C28H26BrFIN3O3. The SMILES string of the molecule is CCOc1cc(C=Nn2c(C(C)(C)C)nc3ccc(Br)cc3c2=O)cc(I)c1OCc1cccc(F)c1. The van der Waals surface area contributed by atoms with Crippen molar-refractivity contribution in [2.45, 2.75) is 39.7 Å². The van der Waals surface area contributed by atoms with E-state index in [1.807, 2.05) is 52.0 Å². The van der Waals surface area contributed by atoms with E-state index < -0.39 is 5.41 Å². The molecular weight excluding hydrogens is 652 g/mol. The lowest BCUT2D eigenvalue weighted by atomic mass is 9.95. The van der Waals surface area contributed by atoms with Gasteiger partial charge in [0.2, 0.25) is 0 Å². The van der Waals surface area contributed by atoms with E-state index in [0.717, 1.165) is 13.6 Å². The number of hydrogen-bond donors (Lipinski definition) is 0. The number of fused-ring (bicyclic) bond motifs is 1. The molecule has 0 N–H and O–H groups in total. The largest absolute Gasteiger partial charge is 0.490 e. The van der Waals surface area contributed by atoms with E-state index in [1.54, 1.807) is 24.4 Å². The minimum Gasteiger partial charge on any atom is -0.490 e. The third kappa shape index (κ3) is 6.38. The summed E-state index contributed by atoms with van der Waals surface area (Å²) in [6.45, 7) is 8.50. The van der Waals surface area contributed by atoms with Crippen molar-refractivity contribution in [1.82, 2.24) is 9.66 Å². The van der Waals surface area contributed by atoms with E-state index in [-0.39, 0.29) is 18.0 Å². The Morgan fingerprint density at radius 1 is 1.14 bits per heavy atom. The zero-order valence-corrected chi connectivity index (χ0v) is 24.6. The van der Waals surface area contributed by atoms with E-state index in [9.17, 15) is 9.18 Å². The highest BCUT2D eigenvalue weighted by Gasteiger charge is 2.23. The second-order valence-corrected chi connectivity index (χ2v) is 11.5. The first-order valence-electron chi connectivity index (χ1n) is 11.7. The van der Waals surface area contributed by atoms with Gasteiger partial charge < -0.3 is 9.47 Å². The summed E-state index contributed by atoms with van der Waals surface area (Å²) in [6, 6.07) is 15.4. The van der Waals surface area contributed by atoms with Crippen LogP contribution < -0.4 is 15.0 Å². The Balaban J connectivity index is 1.73. The Bertz CT molecular complexity index is 1550. The number of nitrogens with zero attached hydrogens (tertiary/aromatic N) is 3. The maximum absolute atomic E-state index is 13.6. The van der Waals surface area contributed by atoms with E-state index in [0.29, 0.717) is 40.4 Å². The monoisotopic (exact) mass is 677 g/mol. The first-order chi connectivity index (χ1) is 17.6. The predicted molar refractivity (Wildman–Crippen MR) is 156 cm³/mol. The van der Waals surface area contributed by atoms with E-state index in [1.165, 1.54) is 16.8 Å². The van der Waals surface area contributed by atoms with Crippen LogP contribution in [0.4, 0.5) is 4.39 Å². The van der Waals surface area contributed by atoms with Crippen molar-refractivity contribution in [3.8, 4) is 11.5 Å². The Hall–Kier alpha value is -2.79. The molecule has 9 heteroatoms. The van der Waals surface area contributed by atoms with Gasteiger partial charge in [0, 0.05) is 9.89 Å². The lowest BCUT2D eigenvalue weighted by Crippen LogP contribution is -2.29. The molecule has 37 heavy (non-hydrogen) atoms. The molecule has 0 amide bonds. The lowest BCUT2D eigenvalue weighted by Gasteiger charge is -2.21. The molecule has 4 rings (SSSR count). The highest BCUT2D eigenvalue weighted by Crippen LogP contribution is 2.34. The van der Waals surface area contributed by atoms with E-state index in [2.05, 4.69) is 43.6 Å². The molecule has 1 aromatic heterocycles. The third-order valence-electron chi connectivity index (χ3n) is 5.41. The number of aromatic nitrogens is 2. The van der Waals surface area contributed by atoms with Crippen LogP contribution >= 0.6 is 38.5 Å². The van der Waals surface area contributed by atoms with Gasteiger partial charge in [-0.3, -0.25) is 4.79 Å². The van der Waals surface area contributed by atoms with Crippen molar-refractivity contribution < 1.29 is 13.9 Å². The average Bonchev–Trinajstić information content (AvgIpc) is 2.83. The quantitative estimate of drug-likeness (QED) is 0.155. The zero-order chi connectivity index (χ0) is 26.7. The maximum Gasteiger partial charge on any atom is 0.282 e. The molecule has 0 atom stereocenters. The summed E-state index contributed by atoms with van der Waals surface area (Å²) in [5.74, 6) is 1.34. The normalized spacial score (nSPS) is 11.9. The predicted octanol–water partition coefficient (Wildman–Crippen LogP) is 7.06. The Kier molecular flexibility index (Phi) is 8.33. The zero-order valence-electron chi connectivity index (χ0n) is 20.9. The Morgan fingerprint density at radius 3 is 2.62 bits per heavy atom. The second-order valence-electron chi connectivity index (χ2n) is 9.39. The van der Waals surface area contributed by atoms with Crippen LogP contribution in [0, 0.1) is 9.39 Å². The fraction of sp³-hybridized carbons (Fsp3) is 0.250. The first kappa shape index (κ1) is 27.3. The molecule has 0 bridgehead atoms. The summed E-state index contributed by atoms with van der Waals surface area (Å²) in [7, 11) is 0. The van der Waals surface area contributed by atoms with Crippen LogP contribution in [0.1, 0.15) is 44.6 Å². The maximum atomic E-state index is 13.6. The molecule has 0 fully saturated rings. The molecule has 0 aliphatic heterocycles. The van der Waals surface area contributed by atoms with Gasteiger partial charge in [-0.25, -0.2) is 9.37 Å². The van der Waals surface area contributed by atoms with Gasteiger partial charge >= 0.3 is 0 Å². The molecule has 0 aliphatic rings. The number of halogens is 3. The molecule has 4 aromatic rings. The van der Waals surface area contributed by atoms with Crippen LogP contribution in [-0.4, -0.2) is 22.5 Å². The van der Waals surface area contributed by atoms with Crippen molar-refractivity contribution in [3.05, 3.63) is 95.8 Å². The molecule has 192 valence electrons. The van der Waals surface area contributed by atoms with Gasteiger partial charge in [0.1, 0.15) is 18.2 Å². The van der Waals surface area contributed by atoms with E-state index in [4.69, 9.17) is 14.5 Å². The highest BCUT2D eigenvalue weighted by atomic mass is 127. The van der Waals surface area contributed by atoms with E-state index >= 15 is 0 Å². The fourth-order valence-electron chi connectivity index (χ4n) is 3.71. The fourth-order valence-corrected chi connectivity index (χ4v) is 4.86. The summed E-state index contributed by atoms with van der Waals surface area (Å²) >= 11 is 5.60. The molecule has 1 heterocycles. The van der Waals surface area contributed by atoms with Crippen LogP contribution in [0.25, 0.3) is 10.9 Å². The van der Waals surface area contributed by atoms with Crippen LogP contribution in [0.15, 0.2) is 69.0 Å². The standard InChI is InChI=1S/C28H26BrFIN3O3/c1-5-36-24-13-18(12-22(31)25(24)37-16-17-7-6-8-20(30)11-17)15-32-34-26(35)21-14-19(29)9-10-23(21)33-27(34)28(2,3)4/h6-15H,5,16H2,1-4H3. The molecule has 0 spiro atoms. The summed E-state index contributed by atoms with van der Waals surface area (Å²) in [6.07, 6.45) is 1.61. The van der Waals surface area contributed by atoms with Gasteiger partial charge in [-0.2, -0.15) is 9.78 Å². The van der Waals surface area contributed by atoms with Gasteiger partial charge in [-0.05, 0) is 83.1 Å². The Labute approximate surface area is 236 Å². The van der Waals surface area contributed by atoms with Crippen LogP contribution in [0.2, 0.25) is 0 Å². The van der Waals surface area contributed by atoms with Crippen LogP contribution in [0.5, 0.6) is 11.5 Å². The van der Waals surface area contributed by atoms with Crippen molar-refractivity contribution in [2.24, 2.45) is 5.10 Å². The minimum atomic E-state index is -0.419. The van der Waals surface area contributed by atoms with Crippen molar-refractivity contribution in [3.63, 3.8) is 0 Å². The number of benzene rings is 3. The number of hydrogen-bond acceptors (Lipinski definition) is 5. The molecule has 0 saturated heterocycles. The topological polar surface area (TPSA) is 65.7 Å². The Morgan fingerprint density at radius 2 is 1.92 bits per heavy atom. The molecule has 0 saturated carbocycles. The summed E-state index contributed by atoms with van der Waals surface area (Å²) in [4.78, 5) is 18.2. The highest BCUT2D eigenvalue weighted by molar-refractivity contribution is 14.1. The first-order valence-corrected chi connectivity index (χ1v) is 13.5. The summed E-state index contributed by atoms with van der Waals surface area (Å²) < 4.78 is 28.4. The molecule has 6 nitrogen and oxygen atoms in total. The van der Waals surface area contributed by atoms with Gasteiger partial charge in [0.25, 0.3) is 5.56 Å². The second kappa shape index (κ2) is 11.3. The molecule has 0 radical (unpaired) electrons. The van der Waals surface area contributed by atoms with Gasteiger partial charge in [-0.15, -0.1) is 0 Å². The lowest BCUT2D eigenvalue weighted by molar-refractivity contribution is 0.267. The third-order valence-corrected chi connectivity index (χ3v) is 6.70. The van der Waals surface area contributed by atoms with Crippen LogP contribution in [0.3, 0.4) is 0 Å². The average molecular weight is 678 g/mol. The molecule has 0 aliphatic carbocycles. The summed E-state index contributed by atoms with van der Waals surface area (Å²) in [5.41, 5.74) is 1.40.